The van der Waals surface area contributed by atoms with Gasteiger partial charge in [-0.1, -0.05) is 12.1 Å². The van der Waals surface area contributed by atoms with Crippen molar-refractivity contribution in [2.24, 2.45) is 0 Å². The summed E-state index contributed by atoms with van der Waals surface area (Å²) in [6.07, 6.45) is 7.78. The van der Waals surface area contributed by atoms with Crippen LogP contribution < -0.4 is 10.1 Å². The molecule has 3 rings (SSSR count). The quantitative estimate of drug-likeness (QED) is 0.802. The highest BCUT2D eigenvalue weighted by molar-refractivity contribution is 5.76. The zero-order chi connectivity index (χ0) is 17.6. The van der Waals surface area contributed by atoms with E-state index in [1.165, 1.54) is 25.0 Å². The minimum absolute atomic E-state index is 0.0919. The standard InChI is InChI=1S/C20H27N3O2/c1-15-14-22-19(23(15)17-4-3-5-17)12-13-21-20(24)11-8-16-6-9-18(25-2)10-7-16/h6-7,9-10,14,17H,3-5,8,11-13H2,1-2H3,(H,21,24). The molecule has 1 aliphatic carbocycles. The van der Waals surface area contributed by atoms with Gasteiger partial charge in [-0.15, -0.1) is 0 Å². The van der Waals surface area contributed by atoms with Gasteiger partial charge in [0.05, 0.1) is 7.11 Å². The molecular weight excluding hydrogens is 314 g/mol. The first-order valence-corrected chi connectivity index (χ1v) is 9.09. The van der Waals surface area contributed by atoms with Crippen LogP contribution in [0.3, 0.4) is 0 Å². The van der Waals surface area contributed by atoms with Gasteiger partial charge < -0.3 is 14.6 Å². The minimum atomic E-state index is 0.0919. The van der Waals surface area contributed by atoms with Gasteiger partial charge in [0.25, 0.3) is 0 Å². The molecule has 25 heavy (non-hydrogen) atoms. The topological polar surface area (TPSA) is 56.1 Å². The lowest BCUT2D eigenvalue weighted by Crippen LogP contribution is -2.28. The number of rotatable bonds is 8. The Morgan fingerprint density at radius 2 is 2.04 bits per heavy atom. The fourth-order valence-electron chi connectivity index (χ4n) is 3.28. The Hall–Kier alpha value is -2.30. The van der Waals surface area contributed by atoms with Gasteiger partial charge in [-0.2, -0.15) is 0 Å². The summed E-state index contributed by atoms with van der Waals surface area (Å²) in [4.78, 5) is 16.6. The summed E-state index contributed by atoms with van der Waals surface area (Å²) in [5, 5.41) is 3.02. The van der Waals surface area contributed by atoms with E-state index in [9.17, 15) is 4.79 Å². The number of methoxy groups -OCH3 is 1. The molecule has 1 aromatic carbocycles. The smallest absolute Gasteiger partial charge is 0.220 e. The van der Waals surface area contributed by atoms with Gasteiger partial charge in [0, 0.05) is 37.3 Å². The molecule has 0 aliphatic heterocycles. The summed E-state index contributed by atoms with van der Waals surface area (Å²) in [5.41, 5.74) is 2.37. The monoisotopic (exact) mass is 341 g/mol. The molecule has 0 saturated heterocycles. The number of nitrogens with one attached hydrogen (secondary N) is 1. The first-order chi connectivity index (χ1) is 12.2. The number of carbonyl (C=O) groups is 1. The molecule has 1 aromatic heterocycles. The zero-order valence-corrected chi connectivity index (χ0v) is 15.1. The number of benzene rings is 1. The lowest BCUT2D eigenvalue weighted by atomic mass is 9.92. The molecule has 1 heterocycles. The number of amides is 1. The molecule has 0 bridgehead atoms. The molecule has 1 aliphatic rings. The van der Waals surface area contributed by atoms with Crippen molar-refractivity contribution in [2.45, 2.75) is 51.5 Å². The summed E-state index contributed by atoms with van der Waals surface area (Å²) < 4.78 is 7.50. The molecule has 0 radical (unpaired) electrons. The lowest BCUT2D eigenvalue weighted by Gasteiger charge is -2.29. The predicted octanol–water partition coefficient (Wildman–Crippen LogP) is 3.22. The van der Waals surface area contributed by atoms with Crippen molar-refractivity contribution >= 4 is 5.91 Å². The van der Waals surface area contributed by atoms with Crippen LogP contribution in [0.4, 0.5) is 0 Å². The van der Waals surface area contributed by atoms with E-state index >= 15 is 0 Å². The first-order valence-electron chi connectivity index (χ1n) is 9.09. The molecular formula is C20H27N3O2. The van der Waals surface area contributed by atoms with E-state index in [-0.39, 0.29) is 5.91 Å². The number of hydrogen-bond acceptors (Lipinski definition) is 3. The number of carbonyl (C=O) groups excluding carboxylic acids is 1. The van der Waals surface area contributed by atoms with Crippen LogP contribution in [-0.4, -0.2) is 29.1 Å². The van der Waals surface area contributed by atoms with Crippen LogP contribution >= 0.6 is 0 Å². The summed E-state index contributed by atoms with van der Waals surface area (Å²) in [5.74, 6) is 2.03. The van der Waals surface area contributed by atoms with Crippen molar-refractivity contribution in [1.82, 2.24) is 14.9 Å². The highest BCUT2D eigenvalue weighted by Gasteiger charge is 2.23. The summed E-state index contributed by atoms with van der Waals surface area (Å²) in [6.45, 7) is 2.76. The number of ether oxygens (including phenoxy) is 1. The third-order valence-electron chi connectivity index (χ3n) is 4.97. The van der Waals surface area contributed by atoms with Gasteiger partial charge in [-0.3, -0.25) is 4.79 Å². The highest BCUT2D eigenvalue weighted by Crippen LogP contribution is 2.33. The van der Waals surface area contributed by atoms with E-state index in [0.717, 1.165) is 30.0 Å². The van der Waals surface area contributed by atoms with Crippen molar-refractivity contribution in [1.29, 1.82) is 0 Å². The van der Waals surface area contributed by atoms with Crippen LogP contribution in [0.2, 0.25) is 0 Å². The Kier molecular flexibility index (Phi) is 5.74. The molecule has 5 nitrogen and oxygen atoms in total. The van der Waals surface area contributed by atoms with Crippen LogP contribution in [0.25, 0.3) is 0 Å². The Morgan fingerprint density at radius 1 is 1.28 bits per heavy atom. The van der Waals surface area contributed by atoms with Crippen molar-refractivity contribution in [3.63, 3.8) is 0 Å². The van der Waals surface area contributed by atoms with Gasteiger partial charge in [0.1, 0.15) is 11.6 Å². The van der Waals surface area contributed by atoms with Crippen molar-refractivity contribution in [3.8, 4) is 5.75 Å². The Balaban J connectivity index is 1.42. The second-order valence-corrected chi connectivity index (χ2v) is 6.72. The van der Waals surface area contributed by atoms with Crippen LogP contribution in [0.5, 0.6) is 5.75 Å². The Labute approximate surface area is 149 Å². The molecule has 2 aromatic rings. The first kappa shape index (κ1) is 17.5. The average Bonchev–Trinajstić information content (AvgIpc) is 2.93. The lowest BCUT2D eigenvalue weighted by molar-refractivity contribution is -0.121. The van der Waals surface area contributed by atoms with Crippen LogP contribution in [0.1, 0.15) is 48.8 Å². The maximum atomic E-state index is 12.1. The van der Waals surface area contributed by atoms with Gasteiger partial charge in [0.2, 0.25) is 5.91 Å². The highest BCUT2D eigenvalue weighted by atomic mass is 16.5. The minimum Gasteiger partial charge on any atom is -0.497 e. The third kappa shape index (κ3) is 4.41. The van der Waals surface area contributed by atoms with Crippen molar-refractivity contribution in [2.75, 3.05) is 13.7 Å². The van der Waals surface area contributed by atoms with Gasteiger partial charge in [-0.25, -0.2) is 4.98 Å². The van der Waals surface area contributed by atoms with Crippen LogP contribution in [0.15, 0.2) is 30.5 Å². The molecule has 0 unspecified atom stereocenters. The SMILES string of the molecule is COc1ccc(CCC(=O)NCCc2ncc(C)n2C2CCC2)cc1. The van der Waals surface area contributed by atoms with Crippen molar-refractivity contribution < 1.29 is 9.53 Å². The van der Waals surface area contributed by atoms with Gasteiger partial charge in [-0.05, 0) is 50.3 Å². The molecule has 0 atom stereocenters. The third-order valence-corrected chi connectivity index (χ3v) is 4.97. The second kappa shape index (κ2) is 8.19. The number of aromatic nitrogens is 2. The summed E-state index contributed by atoms with van der Waals surface area (Å²) in [7, 11) is 1.65. The molecule has 0 spiro atoms. The molecule has 1 saturated carbocycles. The fourth-order valence-corrected chi connectivity index (χ4v) is 3.28. The molecule has 134 valence electrons. The predicted molar refractivity (Wildman–Crippen MR) is 97.9 cm³/mol. The van der Waals surface area contributed by atoms with Gasteiger partial charge in [0.15, 0.2) is 0 Å². The maximum Gasteiger partial charge on any atom is 0.220 e. The Morgan fingerprint density at radius 3 is 2.68 bits per heavy atom. The van der Waals surface area contributed by atoms with E-state index in [2.05, 4.69) is 21.8 Å². The summed E-state index contributed by atoms with van der Waals surface area (Å²) >= 11 is 0. The van der Waals surface area contributed by atoms with E-state index in [4.69, 9.17) is 4.74 Å². The largest absolute Gasteiger partial charge is 0.497 e. The molecule has 1 amide bonds. The number of aryl methyl sites for hydroxylation is 2. The molecule has 1 fully saturated rings. The van der Waals surface area contributed by atoms with E-state index in [1.54, 1.807) is 7.11 Å². The van der Waals surface area contributed by atoms with E-state index in [0.29, 0.717) is 19.0 Å². The van der Waals surface area contributed by atoms with Crippen LogP contribution in [-0.2, 0) is 17.6 Å². The fraction of sp³-hybridized carbons (Fsp3) is 0.500. The summed E-state index contributed by atoms with van der Waals surface area (Å²) in [6, 6.07) is 8.48. The second-order valence-electron chi connectivity index (χ2n) is 6.72. The number of hydrogen-bond donors (Lipinski definition) is 1. The van der Waals surface area contributed by atoms with Crippen LogP contribution in [0, 0.1) is 6.92 Å². The van der Waals surface area contributed by atoms with Gasteiger partial charge >= 0.3 is 0 Å². The Bertz CT molecular complexity index is 702. The average molecular weight is 341 g/mol. The molecule has 1 N–H and O–H groups in total. The number of imidazole rings is 1. The maximum absolute atomic E-state index is 12.1. The van der Waals surface area contributed by atoms with Crippen molar-refractivity contribution in [3.05, 3.63) is 47.5 Å². The van der Waals surface area contributed by atoms with E-state index in [1.807, 2.05) is 30.5 Å². The molecule has 5 heteroatoms. The zero-order valence-electron chi connectivity index (χ0n) is 15.1. The van der Waals surface area contributed by atoms with E-state index < -0.39 is 0 Å². The normalized spacial score (nSPS) is 14.2. The number of nitrogens with zero attached hydrogens (tertiary/aromatic N) is 2.